The number of nitrogens with zero attached hydrogens (tertiary/aromatic N) is 1. The van der Waals surface area contributed by atoms with Crippen molar-refractivity contribution in [1.29, 1.82) is 0 Å². The highest BCUT2D eigenvalue weighted by Gasteiger charge is 1.99. The fourth-order valence-electron chi connectivity index (χ4n) is 1.77. The van der Waals surface area contributed by atoms with Crippen LogP contribution in [-0.2, 0) is 6.54 Å². The van der Waals surface area contributed by atoms with E-state index in [9.17, 15) is 5.11 Å². The molecule has 0 aliphatic rings. The smallest absolute Gasteiger partial charge is 0.134 e. The van der Waals surface area contributed by atoms with Crippen LogP contribution in [0.4, 0.5) is 0 Å². The van der Waals surface area contributed by atoms with E-state index in [1.54, 1.807) is 12.1 Å². The molecular weight excluding hydrogens is 281 g/mol. The van der Waals surface area contributed by atoms with E-state index < -0.39 is 0 Å². The molecular formula is C15H14Cl2NO-. The highest BCUT2D eigenvalue weighted by Crippen LogP contribution is 2.28. The number of rotatable bonds is 4. The highest BCUT2D eigenvalue weighted by atomic mass is 35.5. The molecule has 0 bridgehead atoms. The van der Waals surface area contributed by atoms with Crippen LogP contribution in [0.25, 0.3) is 5.32 Å². The van der Waals surface area contributed by atoms with Crippen molar-refractivity contribution in [2.45, 2.75) is 19.5 Å². The number of aromatic hydroxyl groups is 1. The Balaban J connectivity index is 2.00. The largest absolute Gasteiger partial charge is 0.652 e. The monoisotopic (exact) mass is 294 g/mol. The molecule has 0 saturated carbocycles. The summed E-state index contributed by atoms with van der Waals surface area (Å²) >= 11 is 11.7. The Kier molecular flexibility index (Phi) is 4.70. The molecule has 2 aromatic rings. The number of hydrogen-bond donors (Lipinski definition) is 1. The fraction of sp³-hybridized carbons (Fsp3) is 0.200. The van der Waals surface area contributed by atoms with Gasteiger partial charge in [0.25, 0.3) is 0 Å². The maximum absolute atomic E-state index is 9.53. The first-order chi connectivity index (χ1) is 9.06. The lowest BCUT2D eigenvalue weighted by Crippen LogP contribution is -1.94. The molecule has 0 aromatic heterocycles. The second-order valence-electron chi connectivity index (χ2n) is 4.36. The second-order valence-corrected chi connectivity index (χ2v) is 5.20. The number of hydrogen-bond acceptors (Lipinski definition) is 1. The van der Waals surface area contributed by atoms with E-state index in [0.717, 1.165) is 11.1 Å². The third kappa shape index (κ3) is 3.87. The maximum atomic E-state index is 9.53. The molecule has 2 rings (SSSR count). The Bertz CT molecular complexity index is 572. The Hall–Kier alpha value is -1.22. The van der Waals surface area contributed by atoms with Gasteiger partial charge in [0, 0.05) is 5.02 Å². The predicted molar refractivity (Wildman–Crippen MR) is 80.0 cm³/mol. The maximum Gasteiger partial charge on any atom is 0.134 e. The Morgan fingerprint density at radius 3 is 2.63 bits per heavy atom. The molecule has 0 aliphatic heterocycles. The normalized spacial score (nSPS) is 12.4. The third-order valence-corrected chi connectivity index (χ3v) is 3.44. The fourth-order valence-corrected chi connectivity index (χ4v) is 2.09. The molecule has 0 saturated heterocycles. The Morgan fingerprint density at radius 1 is 1.16 bits per heavy atom. The lowest BCUT2D eigenvalue weighted by molar-refractivity contribution is 0.475. The summed E-state index contributed by atoms with van der Waals surface area (Å²) < 4.78 is 0. The van der Waals surface area contributed by atoms with E-state index in [1.807, 2.05) is 37.3 Å². The third-order valence-electron chi connectivity index (χ3n) is 2.89. The first-order valence-corrected chi connectivity index (χ1v) is 6.71. The van der Waals surface area contributed by atoms with Crippen molar-refractivity contribution in [3.63, 3.8) is 0 Å². The van der Waals surface area contributed by atoms with Crippen LogP contribution < -0.4 is 0 Å². The van der Waals surface area contributed by atoms with E-state index in [0.29, 0.717) is 16.6 Å². The van der Waals surface area contributed by atoms with E-state index in [2.05, 4.69) is 5.32 Å². The van der Waals surface area contributed by atoms with Crippen molar-refractivity contribution in [3.8, 4) is 5.75 Å². The Morgan fingerprint density at radius 2 is 1.95 bits per heavy atom. The summed E-state index contributed by atoms with van der Waals surface area (Å²) in [5, 5.41) is 15.2. The molecule has 100 valence electrons. The van der Waals surface area contributed by atoms with Crippen LogP contribution >= 0.6 is 23.2 Å². The van der Waals surface area contributed by atoms with Crippen LogP contribution in [0, 0.1) is 0 Å². The van der Waals surface area contributed by atoms with Crippen LogP contribution in [0.3, 0.4) is 0 Å². The summed E-state index contributed by atoms with van der Waals surface area (Å²) in [6.45, 7) is 2.54. The number of phenols is 1. The summed E-state index contributed by atoms with van der Waals surface area (Å²) in [5.41, 5.74) is 2.00. The van der Waals surface area contributed by atoms with Crippen molar-refractivity contribution < 1.29 is 5.11 Å². The molecule has 1 unspecified atom stereocenters. The van der Waals surface area contributed by atoms with Crippen LogP contribution in [0.1, 0.15) is 24.1 Å². The Labute approximate surface area is 123 Å². The first-order valence-electron chi connectivity index (χ1n) is 5.95. The van der Waals surface area contributed by atoms with Gasteiger partial charge in [-0.2, -0.15) is 0 Å². The second kappa shape index (κ2) is 6.29. The average Bonchev–Trinajstić information content (AvgIpc) is 2.40. The molecule has 1 atom stereocenters. The molecule has 0 aliphatic carbocycles. The summed E-state index contributed by atoms with van der Waals surface area (Å²) in [5.74, 6) is 0.0878. The number of phenolic OH excluding ortho intramolecular Hbond substituents is 1. The van der Waals surface area contributed by atoms with Gasteiger partial charge in [-0.1, -0.05) is 59.5 Å². The predicted octanol–water partition coefficient (Wildman–Crippen LogP) is 5.33. The van der Waals surface area contributed by atoms with Crippen LogP contribution in [0.2, 0.25) is 10.0 Å². The molecule has 0 radical (unpaired) electrons. The summed E-state index contributed by atoms with van der Waals surface area (Å²) in [7, 11) is 0. The van der Waals surface area contributed by atoms with Gasteiger partial charge < -0.3 is 10.4 Å². The molecule has 19 heavy (non-hydrogen) atoms. The molecule has 2 aromatic carbocycles. The lowest BCUT2D eigenvalue weighted by Gasteiger charge is -2.29. The molecule has 0 heterocycles. The van der Waals surface area contributed by atoms with Gasteiger partial charge in [-0.15, -0.1) is 12.6 Å². The van der Waals surface area contributed by atoms with Gasteiger partial charge in [0.05, 0.1) is 5.02 Å². The zero-order valence-corrected chi connectivity index (χ0v) is 12.0. The number of benzene rings is 2. The van der Waals surface area contributed by atoms with Crippen molar-refractivity contribution >= 4 is 23.2 Å². The van der Waals surface area contributed by atoms with E-state index in [-0.39, 0.29) is 11.8 Å². The van der Waals surface area contributed by atoms with Gasteiger partial charge in [0.2, 0.25) is 0 Å². The van der Waals surface area contributed by atoms with Gasteiger partial charge in [-0.25, -0.2) is 0 Å². The molecule has 0 fully saturated rings. The van der Waals surface area contributed by atoms with E-state index in [1.165, 1.54) is 0 Å². The van der Waals surface area contributed by atoms with Crippen molar-refractivity contribution in [1.82, 2.24) is 0 Å². The van der Waals surface area contributed by atoms with Crippen molar-refractivity contribution in [2.75, 3.05) is 0 Å². The number of halogens is 2. The van der Waals surface area contributed by atoms with Crippen molar-refractivity contribution in [3.05, 3.63) is 69.0 Å². The van der Waals surface area contributed by atoms with Crippen molar-refractivity contribution in [2.24, 2.45) is 0 Å². The minimum Gasteiger partial charge on any atom is -0.652 e. The van der Waals surface area contributed by atoms with Gasteiger partial charge in [-0.3, -0.25) is 0 Å². The molecule has 2 nitrogen and oxygen atoms in total. The standard InChI is InChI=1S/C15H14Cl2NO/c1-10(12-3-2-4-13(16)8-12)18-9-11-5-6-14(17)15(19)7-11/h2-8,10,19H,9H2,1H3/q-1. The summed E-state index contributed by atoms with van der Waals surface area (Å²) in [4.78, 5) is 0. The highest BCUT2D eigenvalue weighted by molar-refractivity contribution is 6.32. The average molecular weight is 295 g/mol. The lowest BCUT2D eigenvalue weighted by atomic mass is 10.1. The van der Waals surface area contributed by atoms with Gasteiger partial charge in [-0.05, 0) is 24.3 Å². The van der Waals surface area contributed by atoms with Crippen LogP contribution in [0.5, 0.6) is 5.75 Å². The summed E-state index contributed by atoms with van der Waals surface area (Å²) in [6, 6.07) is 12.9. The van der Waals surface area contributed by atoms with Gasteiger partial charge >= 0.3 is 0 Å². The minimum atomic E-state index is 0.0523. The summed E-state index contributed by atoms with van der Waals surface area (Å²) in [6.07, 6.45) is 0. The molecule has 0 spiro atoms. The SMILES string of the molecule is CC([N-]Cc1ccc(Cl)c(O)c1)c1cccc(Cl)c1. The molecule has 4 heteroatoms. The first kappa shape index (κ1) is 14.2. The van der Waals surface area contributed by atoms with Crippen LogP contribution in [0.15, 0.2) is 42.5 Å². The van der Waals surface area contributed by atoms with Gasteiger partial charge in [0.15, 0.2) is 0 Å². The topological polar surface area (TPSA) is 34.3 Å². The minimum absolute atomic E-state index is 0.0523. The zero-order valence-electron chi connectivity index (χ0n) is 10.5. The quantitative estimate of drug-likeness (QED) is 0.812. The molecule has 0 amide bonds. The molecule has 1 N–H and O–H groups in total. The zero-order chi connectivity index (χ0) is 13.8. The van der Waals surface area contributed by atoms with E-state index in [4.69, 9.17) is 23.2 Å². The van der Waals surface area contributed by atoms with Crippen LogP contribution in [-0.4, -0.2) is 5.11 Å². The van der Waals surface area contributed by atoms with E-state index >= 15 is 0 Å². The van der Waals surface area contributed by atoms with Gasteiger partial charge in [0.1, 0.15) is 5.75 Å².